The van der Waals surface area contributed by atoms with E-state index in [-0.39, 0.29) is 17.7 Å². The molecular formula is C22H21F2N5O4. The second-order valence-electron chi connectivity index (χ2n) is 7.51. The molecule has 0 radical (unpaired) electrons. The van der Waals surface area contributed by atoms with E-state index in [1.807, 2.05) is 0 Å². The number of nitrogens with zero attached hydrogens (tertiary/aromatic N) is 4. The van der Waals surface area contributed by atoms with Crippen LogP contribution in [0.3, 0.4) is 0 Å². The number of hydrogen-bond donors (Lipinski definition) is 2. The van der Waals surface area contributed by atoms with Crippen molar-refractivity contribution in [3.63, 3.8) is 0 Å². The lowest BCUT2D eigenvalue weighted by atomic mass is 10.0. The molecule has 2 aromatic heterocycles. The zero-order valence-corrected chi connectivity index (χ0v) is 17.8. The van der Waals surface area contributed by atoms with Gasteiger partial charge in [0.1, 0.15) is 11.4 Å². The van der Waals surface area contributed by atoms with Gasteiger partial charge in [0, 0.05) is 50.3 Å². The van der Waals surface area contributed by atoms with Crippen LogP contribution in [-0.4, -0.2) is 63.6 Å². The van der Waals surface area contributed by atoms with Gasteiger partial charge in [0.2, 0.25) is 5.60 Å². The van der Waals surface area contributed by atoms with Crippen molar-refractivity contribution in [1.29, 1.82) is 0 Å². The number of ether oxygens (including phenoxy) is 2. The summed E-state index contributed by atoms with van der Waals surface area (Å²) in [6.45, 7) is -2.71. The summed E-state index contributed by atoms with van der Waals surface area (Å²) in [5.74, 6) is 4.58. The van der Waals surface area contributed by atoms with Gasteiger partial charge in [-0.25, -0.2) is 9.67 Å². The van der Waals surface area contributed by atoms with Crippen LogP contribution in [0.4, 0.5) is 8.78 Å². The Kier molecular flexibility index (Phi) is 5.99. The first-order valence-electron chi connectivity index (χ1n) is 9.95. The minimum absolute atomic E-state index is 0.140. The van der Waals surface area contributed by atoms with Crippen LogP contribution < -0.4 is 10.5 Å². The van der Waals surface area contributed by atoms with Gasteiger partial charge >= 0.3 is 6.61 Å². The molecular weight excluding hydrogens is 436 g/mol. The van der Waals surface area contributed by atoms with Gasteiger partial charge in [0.05, 0.1) is 5.69 Å². The second kappa shape index (κ2) is 8.74. The van der Waals surface area contributed by atoms with Crippen LogP contribution in [0, 0.1) is 11.8 Å². The molecule has 0 bridgehead atoms. The van der Waals surface area contributed by atoms with E-state index in [0.717, 1.165) is 0 Å². The Bertz CT molecular complexity index is 1270. The van der Waals surface area contributed by atoms with Crippen LogP contribution in [0.5, 0.6) is 5.75 Å². The average Bonchev–Trinajstić information content (AvgIpc) is 3.30. The SMILES string of the molecule is COC(N)c1nn(-c2cc(C#C[C@]3(O)CCN(C)C3=O)cc(OC(F)F)c2)c2ncccc12. The predicted molar refractivity (Wildman–Crippen MR) is 114 cm³/mol. The Hall–Kier alpha value is -3.59. The van der Waals surface area contributed by atoms with Crippen molar-refractivity contribution < 1.29 is 28.2 Å². The zero-order chi connectivity index (χ0) is 23.8. The van der Waals surface area contributed by atoms with Crippen LogP contribution in [0.15, 0.2) is 36.5 Å². The van der Waals surface area contributed by atoms with Gasteiger partial charge in [-0.1, -0.05) is 11.8 Å². The summed E-state index contributed by atoms with van der Waals surface area (Å²) < 4.78 is 37.1. The maximum Gasteiger partial charge on any atom is 0.387 e. The Morgan fingerprint density at radius 1 is 1.33 bits per heavy atom. The molecule has 4 rings (SSSR count). The van der Waals surface area contributed by atoms with Crippen molar-refractivity contribution in [2.45, 2.75) is 24.9 Å². The molecule has 1 unspecified atom stereocenters. The molecule has 3 heterocycles. The average molecular weight is 457 g/mol. The number of halogens is 2. The smallest absolute Gasteiger partial charge is 0.387 e. The van der Waals surface area contributed by atoms with E-state index in [1.54, 1.807) is 31.4 Å². The van der Waals surface area contributed by atoms with Crippen LogP contribution in [-0.2, 0) is 9.53 Å². The Labute approximate surface area is 187 Å². The third-order valence-electron chi connectivity index (χ3n) is 5.28. The van der Waals surface area contributed by atoms with Gasteiger partial charge in [-0.3, -0.25) is 4.79 Å². The van der Waals surface area contributed by atoms with Gasteiger partial charge < -0.3 is 25.2 Å². The third kappa shape index (κ3) is 4.36. The highest BCUT2D eigenvalue weighted by molar-refractivity contribution is 5.90. The number of pyridine rings is 1. The number of benzene rings is 1. The van der Waals surface area contributed by atoms with E-state index in [2.05, 4.69) is 26.7 Å². The van der Waals surface area contributed by atoms with E-state index in [1.165, 1.54) is 28.8 Å². The molecule has 1 aliphatic rings. The molecule has 1 aliphatic heterocycles. The molecule has 3 N–H and O–H groups in total. The first-order chi connectivity index (χ1) is 15.7. The lowest BCUT2D eigenvalue weighted by Gasteiger charge is -2.13. The number of carbonyl (C=O) groups is 1. The number of aliphatic hydroxyl groups is 1. The number of rotatable bonds is 5. The quantitative estimate of drug-likeness (QED) is 0.441. The van der Waals surface area contributed by atoms with Gasteiger partial charge in [-0.15, -0.1) is 0 Å². The van der Waals surface area contributed by atoms with Crippen molar-refractivity contribution in [3.05, 3.63) is 47.8 Å². The third-order valence-corrected chi connectivity index (χ3v) is 5.28. The molecule has 1 amide bonds. The molecule has 0 aliphatic carbocycles. The second-order valence-corrected chi connectivity index (χ2v) is 7.51. The molecule has 1 fully saturated rings. The van der Waals surface area contributed by atoms with E-state index in [4.69, 9.17) is 10.5 Å². The van der Waals surface area contributed by atoms with Crippen molar-refractivity contribution in [2.24, 2.45) is 5.73 Å². The molecule has 2 atom stereocenters. The van der Waals surface area contributed by atoms with Gasteiger partial charge in [0.25, 0.3) is 5.91 Å². The highest BCUT2D eigenvalue weighted by atomic mass is 19.3. The number of alkyl halides is 2. The Balaban J connectivity index is 1.84. The minimum atomic E-state index is -3.07. The number of carbonyl (C=O) groups excluding carboxylic acids is 1. The maximum atomic E-state index is 13.0. The maximum absolute atomic E-state index is 13.0. The number of aromatic nitrogens is 3. The summed E-state index contributed by atoms with van der Waals surface area (Å²) in [4.78, 5) is 17.9. The predicted octanol–water partition coefficient (Wildman–Crippen LogP) is 1.57. The summed E-state index contributed by atoms with van der Waals surface area (Å²) in [7, 11) is 3.00. The van der Waals surface area contributed by atoms with E-state index in [0.29, 0.717) is 29.0 Å². The normalized spacial score (nSPS) is 19.1. The first-order valence-corrected chi connectivity index (χ1v) is 9.95. The number of nitrogens with two attached hydrogens (primary N) is 1. The summed E-state index contributed by atoms with van der Waals surface area (Å²) in [5, 5.41) is 15.6. The highest BCUT2D eigenvalue weighted by Crippen LogP contribution is 2.28. The van der Waals surface area contributed by atoms with Crippen LogP contribution in [0.25, 0.3) is 16.7 Å². The molecule has 1 saturated heterocycles. The Morgan fingerprint density at radius 2 is 2.12 bits per heavy atom. The van der Waals surface area contributed by atoms with E-state index >= 15 is 0 Å². The van der Waals surface area contributed by atoms with Gasteiger partial charge in [-0.05, 0) is 24.3 Å². The molecule has 9 nitrogen and oxygen atoms in total. The number of likely N-dealkylation sites (N-methyl/N-ethyl adjacent to an activating group) is 1. The number of likely N-dealkylation sites (tertiary alicyclic amines) is 1. The number of fused-ring (bicyclic) bond motifs is 1. The highest BCUT2D eigenvalue weighted by Gasteiger charge is 2.42. The standard InChI is InChI=1S/C22H21F2N5O4/c1-28-9-7-22(31,20(28)30)6-5-13-10-14(12-15(11-13)33-21(23)24)29-19-16(4-3-8-26-19)17(27-29)18(25)32-2/h3-4,8,10-12,18,21,31H,7,9,25H2,1-2H3/t18?,22-/m0/s1. The summed E-state index contributed by atoms with van der Waals surface area (Å²) in [6, 6.07) is 7.67. The van der Waals surface area contributed by atoms with Crippen molar-refractivity contribution in [3.8, 4) is 23.3 Å². The number of methoxy groups -OCH3 is 1. The lowest BCUT2D eigenvalue weighted by molar-refractivity contribution is -0.137. The molecule has 172 valence electrons. The number of amides is 1. The zero-order valence-electron chi connectivity index (χ0n) is 17.8. The molecule has 0 saturated carbocycles. The van der Waals surface area contributed by atoms with Crippen molar-refractivity contribution in [2.75, 3.05) is 20.7 Å². The fourth-order valence-corrected chi connectivity index (χ4v) is 3.57. The van der Waals surface area contributed by atoms with Crippen LogP contribution >= 0.6 is 0 Å². The Morgan fingerprint density at radius 3 is 2.79 bits per heavy atom. The number of hydrogen-bond acceptors (Lipinski definition) is 7. The molecule has 3 aromatic rings. The molecule has 33 heavy (non-hydrogen) atoms. The summed E-state index contributed by atoms with van der Waals surface area (Å²) in [5.41, 5.74) is 5.53. The minimum Gasteiger partial charge on any atom is -0.435 e. The topological polar surface area (TPSA) is 116 Å². The largest absolute Gasteiger partial charge is 0.435 e. The first kappa shape index (κ1) is 22.6. The van der Waals surface area contributed by atoms with Crippen molar-refractivity contribution >= 4 is 16.9 Å². The molecule has 1 aromatic carbocycles. The fraction of sp³-hybridized carbons (Fsp3) is 0.318. The monoisotopic (exact) mass is 457 g/mol. The summed E-state index contributed by atoms with van der Waals surface area (Å²) >= 11 is 0. The lowest BCUT2D eigenvalue weighted by Crippen LogP contribution is -2.37. The van der Waals surface area contributed by atoms with Gasteiger partial charge in [0.15, 0.2) is 11.9 Å². The van der Waals surface area contributed by atoms with Crippen LogP contribution in [0.1, 0.15) is 23.9 Å². The van der Waals surface area contributed by atoms with Crippen LogP contribution in [0.2, 0.25) is 0 Å². The van der Waals surface area contributed by atoms with Crippen molar-refractivity contribution in [1.82, 2.24) is 19.7 Å². The van der Waals surface area contributed by atoms with E-state index < -0.39 is 24.3 Å². The fourth-order valence-electron chi connectivity index (χ4n) is 3.57. The van der Waals surface area contributed by atoms with E-state index in [9.17, 15) is 18.7 Å². The summed E-state index contributed by atoms with van der Waals surface area (Å²) in [6.07, 6.45) is 0.861. The van der Waals surface area contributed by atoms with Gasteiger partial charge in [-0.2, -0.15) is 13.9 Å². The molecule has 11 heteroatoms. The molecule has 0 spiro atoms.